The number of hydrogen-bond acceptors (Lipinski definition) is 1. The highest BCUT2D eigenvalue weighted by Gasteiger charge is 2.21. The lowest BCUT2D eigenvalue weighted by Crippen LogP contribution is -2.25. The number of carbonyl (C=O) groups excluding carboxylic acids is 1. The van der Waals surface area contributed by atoms with Gasteiger partial charge in [0, 0.05) is 11.6 Å². The third kappa shape index (κ3) is 2.89. The van der Waals surface area contributed by atoms with Crippen molar-refractivity contribution in [3.63, 3.8) is 0 Å². The van der Waals surface area contributed by atoms with E-state index in [4.69, 9.17) is 0 Å². The Balaban J connectivity index is 2.08. The lowest BCUT2D eigenvalue weighted by atomic mass is 9.88. The van der Waals surface area contributed by atoms with E-state index in [-0.39, 0.29) is 17.6 Å². The molecule has 98 valence electrons. The average Bonchev–Trinajstić information content (AvgIpc) is 2.37. The number of anilines is 1. The van der Waals surface area contributed by atoms with Crippen LogP contribution in [0.5, 0.6) is 0 Å². The number of aryl methyl sites for hydroxylation is 2. The number of hydrogen-bond donors (Lipinski definition) is 1. The maximum Gasteiger partial charge on any atom is 0.227 e. The van der Waals surface area contributed by atoms with Gasteiger partial charge in [0.15, 0.2) is 0 Å². The highest BCUT2D eigenvalue weighted by atomic mass is 19.1. The van der Waals surface area contributed by atoms with Crippen LogP contribution in [0.25, 0.3) is 0 Å². The van der Waals surface area contributed by atoms with Crippen LogP contribution in [-0.4, -0.2) is 5.91 Å². The molecular weight excluding hydrogens is 229 g/mol. The van der Waals surface area contributed by atoms with Gasteiger partial charge in [0.05, 0.1) is 0 Å². The summed E-state index contributed by atoms with van der Waals surface area (Å²) in [6.45, 7) is 3.62. The summed E-state index contributed by atoms with van der Waals surface area (Å²) in [5.74, 6) is -0.122. The monoisotopic (exact) mass is 249 g/mol. The topological polar surface area (TPSA) is 29.1 Å². The van der Waals surface area contributed by atoms with Crippen LogP contribution in [0.3, 0.4) is 0 Å². The van der Waals surface area contributed by atoms with Crippen LogP contribution < -0.4 is 5.32 Å². The molecular formula is C15H20FNO. The summed E-state index contributed by atoms with van der Waals surface area (Å²) in [5.41, 5.74) is 2.13. The first-order chi connectivity index (χ1) is 8.58. The van der Waals surface area contributed by atoms with E-state index in [1.807, 2.05) is 6.92 Å². The molecule has 1 amide bonds. The fraction of sp³-hybridized carbons (Fsp3) is 0.533. The number of rotatable bonds is 2. The van der Waals surface area contributed by atoms with Gasteiger partial charge in [-0.25, -0.2) is 4.39 Å². The smallest absolute Gasteiger partial charge is 0.227 e. The lowest BCUT2D eigenvalue weighted by Gasteiger charge is -2.21. The van der Waals surface area contributed by atoms with Gasteiger partial charge in [-0.3, -0.25) is 4.79 Å². The zero-order chi connectivity index (χ0) is 13.1. The van der Waals surface area contributed by atoms with Crippen molar-refractivity contribution in [1.29, 1.82) is 0 Å². The van der Waals surface area contributed by atoms with Crippen LogP contribution in [0.2, 0.25) is 0 Å². The minimum absolute atomic E-state index is 0.0426. The normalized spacial score (nSPS) is 16.6. The Morgan fingerprint density at radius 1 is 1.17 bits per heavy atom. The Labute approximate surface area is 108 Å². The number of carbonyl (C=O) groups is 1. The van der Waals surface area contributed by atoms with E-state index in [9.17, 15) is 9.18 Å². The lowest BCUT2D eigenvalue weighted by molar-refractivity contribution is -0.120. The van der Waals surface area contributed by atoms with Gasteiger partial charge in [-0.15, -0.1) is 0 Å². The second-order valence-electron chi connectivity index (χ2n) is 5.24. The van der Waals surface area contributed by atoms with Crippen molar-refractivity contribution in [1.82, 2.24) is 0 Å². The Morgan fingerprint density at radius 2 is 1.83 bits per heavy atom. The molecule has 2 rings (SSSR count). The molecule has 0 aromatic heterocycles. The molecule has 0 saturated heterocycles. The highest BCUT2D eigenvalue weighted by Crippen LogP contribution is 2.26. The molecule has 0 heterocycles. The minimum Gasteiger partial charge on any atom is -0.326 e. The number of benzene rings is 1. The van der Waals surface area contributed by atoms with Gasteiger partial charge in [-0.2, -0.15) is 0 Å². The van der Waals surface area contributed by atoms with Crippen molar-refractivity contribution >= 4 is 11.6 Å². The summed E-state index contributed by atoms with van der Waals surface area (Å²) in [6.07, 6.45) is 5.39. The fourth-order valence-corrected chi connectivity index (χ4v) is 2.56. The zero-order valence-corrected chi connectivity index (χ0v) is 11.1. The molecule has 1 aromatic carbocycles. The maximum absolute atomic E-state index is 13.5. The van der Waals surface area contributed by atoms with Gasteiger partial charge in [-0.1, -0.05) is 25.3 Å². The van der Waals surface area contributed by atoms with Crippen molar-refractivity contribution in [3.8, 4) is 0 Å². The first-order valence-corrected chi connectivity index (χ1v) is 6.65. The molecule has 1 aliphatic rings. The van der Waals surface area contributed by atoms with Crippen LogP contribution >= 0.6 is 0 Å². The SMILES string of the molecule is Cc1cc(C)c(NC(=O)C2CCCCC2)cc1F. The van der Waals surface area contributed by atoms with E-state index in [2.05, 4.69) is 5.32 Å². The van der Waals surface area contributed by atoms with Gasteiger partial charge in [0.1, 0.15) is 5.82 Å². The summed E-state index contributed by atoms with van der Waals surface area (Å²) in [5, 5.41) is 2.87. The molecule has 2 nitrogen and oxygen atoms in total. The van der Waals surface area contributed by atoms with Gasteiger partial charge in [-0.05, 0) is 43.9 Å². The summed E-state index contributed by atoms with van der Waals surface area (Å²) in [7, 11) is 0. The number of halogens is 1. The van der Waals surface area contributed by atoms with Crippen molar-refractivity contribution in [3.05, 3.63) is 29.1 Å². The standard InChI is InChI=1S/C15H20FNO/c1-10-8-11(2)14(9-13(10)16)17-15(18)12-6-4-3-5-7-12/h8-9,12H,3-7H2,1-2H3,(H,17,18). The first kappa shape index (κ1) is 13.1. The van der Waals surface area contributed by atoms with E-state index >= 15 is 0 Å². The molecule has 1 aliphatic carbocycles. The summed E-state index contributed by atoms with van der Waals surface area (Å²) in [4.78, 5) is 12.1. The van der Waals surface area contributed by atoms with Crippen molar-refractivity contribution in [2.45, 2.75) is 46.0 Å². The molecule has 1 aromatic rings. The highest BCUT2D eigenvalue weighted by molar-refractivity contribution is 5.93. The van der Waals surface area contributed by atoms with Crippen molar-refractivity contribution < 1.29 is 9.18 Å². The van der Waals surface area contributed by atoms with Crippen molar-refractivity contribution in [2.75, 3.05) is 5.32 Å². The summed E-state index contributed by atoms with van der Waals surface area (Å²) >= 11 is 0. The van der Waals surface area contributed by atoms with Crippen LogP contribution in [0, 0.1) is 25.6 Å². The Kier molecular flexibility index (Phi) is 4.00. The molecule has 1 N–H and O–H groups in total. The molecule has 0 bridgehead atoms. The molecule has 1 fully saturated rings. The molecule has 0 atom stereocenters. The fourth-order valence-electron chi connectivity index (χ4n) is 2.56. The summed E-state index contributed by atoms with van der Waals surface area (Å²) in [6, 6.07) is 3.19. The molecule has 3 heteroatoms. The van der Waals surface area contributed by atoms with Gasteiger partial charge in [0.25, 0.3) is 0 Å². The second kappa shape index (κ2) is 5.51. The quantitative estimate of drug-likeness (QED) is 0.844. The predicted molar refractivity (Wildman–Crippen MR) is 71.1 cm³/mol. The van der Waals surface area contributed by atoms with E-state index in [1.54, 1.807) is 13.0 Å². The largest absolute Gasteiger partial charge is 0.326 e. The molecule has 0 aliphatic heterocycles. The predicted octanol–water partition coefficient (Wildman–Crippen LogP) is 3.96. The first-order valence-electron chi connectivity index (χ1n) is 6.65. The van der Waals surface area contributed by atoms with E-state index in [0.29, 0.717) is 11.3 Å². The third-order valence-corrected chi connectivity index (χ3v) is 3.74. The van der Waals surface area contributed by atoms with E-state index in [1.165, 1.54) is 12.5 Å². The maximum atomic E-state index is 13.5. The molecule has 18 heavy (non-hydrogen) atoms. The Bertz CT molecular complexity index is 450. The van der Waals surface area contributed by atoms with E-state index in [0.717, 1.165) is 31.2 Å². The van der Waals surface area contributed by atoms with Crippen LogP contribution in [-0.2, 0) is 4.79 Å². The summed E-state index contributed by atoms with van der Waals surface area (Å²) < 4.78 is 13.5. The van der Waals surface area contributed by atoms with E-state index < -0.39 is 0 Å². The van der Waals surface area contributed by atoms with Gasteiger partial charge >= 0.3 is 0 Å². The van der Waals surface area contributed by atoms with Crippen molar-refractivity contribution in [2.24, 2.45) is 5.92 Å². The molecule has 0 spiro atoms. The van der Waals surface area contributed by atoms with Crippen LogP contribution in [0.4, 0.5) is 10.1 Å². The minimum atomic E-state index is -0.264. The second-order valence-corrected chi connectivity index (χ2v) is 5.24. The zero-order valence-electron chi connectivity index (χ0n) is 11.1. The van der Waals surface area contributed by atoms with Gasteiger partial charge < -0.3 is 5.32 Å². The average molecular weight is 249 g/mol. The molecule has 0 radical (unpaired) electrons. The Hall–Kier alpha value is -1.38. The Morgan fingerprint density at radius 3 is 2.50 bits per heavy atom. The number of nitrogens with one attached hydrogen (secondary N) is 1. The van der Waals surface area contributed by atoms with Crippen LogP contribution in [0.1, 0.15) is 43.2 Å². The molecule has 0 unspecified atom stereocenters. The van der Waals surface area contributed by atoms with Gasteiger partial charge in [0.2, 0.25) is 5.91 Å². The van der Waals surface area contributed by atoms with Crippen LogP contribution in [0.15, 0.2) is 12.1 Å². The third-order valence-electron chi connectivity index (χ3n) is 3.74. The molecule has 1 saturated carbocycles. The number of amides is 1.